The van der Waals surface area contributed by atoms with Crippen molar-refractivity contribution in [2.45, 2.75) is 56.6 Å². The topological polar surface area (TPSA) is 96.5 Å². The van der Waals surface area contributed by atoms with E-state index in [0.717, 1.165) is 51.0 Å². The molecule has 3 heterocycles. The third kappa shape index (κ3) is 6.93. The summed E-state index contributed by atoms with van der Waals surface area (Å²) < 4.78 is 28.7. The number of hydrogen-bond acceptors (Lipinski definition) is 8. The minimum atomic E-state index is -3.24. The lowest BCUT2D eigenvalue weighted by Gasteiger charge is -2.39. The standard InChI is InChI=1S/C31H41N3O6S/c1-23(2)39-30(36)40-34-21-26(28(22-34)25-7-5-4-6-8-25)20-32-16-13-31(14-17-32)15-18-33(29(31)35)19-24-9-11-27(12-10-24)41(3,37)38/h4-12,23,26,28H,13-22H2,1-3H3/t26-,28+/m0/s1. The molecule has 222 valence electrons. The molecule has 2 atom stereocenters. The molecule has 0 saturated carbocycles. The second kappa shape index (κ2) is 12.1. The monoisotopic (exact) mass is 583 g/mol. The van der Waals surface area contributed by atoms with Gasteiger partial charge < -0.3 is 19.4 Å². The highest BCUT2D eigenvalue weighted by Crippen LogP contribution is 2.43. The van der Waals surface area contributed by atoms with Gasteiger partial charge in [-0.05, 0) is 75.4 Å². The van der Waals surface area contributed by atoms with Crippen LogP contribution in [0.2, 0.25) is 0 Å². The first-order valence-corrected chi connectivity index (χ1v) is 16.4. The summed E-state index contributed by atoms with van der Waals surface area (Å²) in [5, 5.41) is 1.74. The molecule has 3 aliphatic rings. The molecule has 0 radical (unpaired) electrons. The number of hydroxylamine groups is 2. The Hall–Kier alpha value is -2.95. The van der Waals surface area contributed by atoms with E-state index < -0.39 is 16.0 Å². The Balaban J connectivity index is 1.18. The van der Waals surface area contributed by atoms with Crippen molar-refractivity contribution in [2.75, 3.05) is 45.5 Å². The van der Waals surface area contributed by atoms with Crippen molar-refractivity contribution in [3.05, 3.63) is 65.7 Å². The van der Waals surface area contributed by atoms with E-state index in [0.29, 0.717) is 24.5 Å². The van der Waals surface area contributed by atoms with Crippen LogP contribution in [0, 0.1) is 11.3 Å². The van der Waals surface area contributed by atoms with E-state index in [4.69, 9.17) is 9.57 Å². The highest BCUT2D eigenvalue weighted by atomic mass is 32.2. The summed E-state index contributed by atoms with van der Waals surface area (Å²) in [7, 11) is -3.24. The normalized spacial score (nSPS) is 23.4. The molecule has 9 nitrogen and oxygen atoms in total. The Bertz CT molecular complexity index is 1320. The molecule has 1 spiro atoms. The molecule has 2 aromatic carbocycles. The summed E-state index contributed by atoms with van der Waals surface area (Å²) >= 11 is 0. The number of nitrogens with zero attached hydrogens (tertiary/aromatic N) is 3. The lowest BCUT2D eigenvalue weighted by atomic mass is 9.76. The van der Waals surface area contributed by atoms with Crippen LogP contribution < -0.4 is 0 Å². The van der Waals surface area contributed by atoms with Crippen LogP contribution in [0.1, 0.15) is 50.2 Å². The summed E-state index contributed by atoms with van der Waals surface area (Å²) in [4.78, 5) is 36.0. The molecule has 0 aromatic heterocycles. The van der Waals surface area contributed by atoms with Crippen LogP contribution in [0.4, 0.5) is 4.79 Å². The lowest BCUT2D eigenvalue weighted by molar-refractivity contribution is -0.139. The van der Waals surface area contributed by atoms with E-state index in [1.807, 2.05) is 23.1 Å². The Kier molecular flexibility index (Phi) is 8.73. The van der Waals surface area contributed by atoms with Gasteiger partial charge in [0, 0.05) is 44.9 Å². The first kappa shape index (κ1) is 29.5. The quantitative estimate of drug-likeness (QED) is 0.429. The number of carbonyl (C=O) groups excluding carboxylic acids is 2. The number of rotatable bonds is 8. The van der Waals surface area contributed by atoms with Crippen LogP contribution in [0.5, 0.6) is 0 Å². The van der Waals surface area contributed by atoms with Crippen LogP contribution in [-0.4, -0.2) is 87.0 Å². The van der Waals surface area contributed by atoms with E-state index in [1.54, 1.807) is 43.2 Å². The predicted molar refractivity (Wildman–Crippen MR) is 155 cm³/mol. The Morgan fingerprint density at radius 2 is 1.63 bits per heavy atom. The SMILES string of the molecule is CC(C)OC(=O)ON1C[C@H](CN2CCC3(CC2)CCN(Cc2ccc(S(C)(=O)=O)cc2)C3=O)[C@@H](c2ccccc2)C1. The lowest BCUT2D eigenvalue weighted by Crippen LogP contribution is -2.46. The van der Waals surface area contributed by atoms with Crippen LogP contribution in [0.25, 0.3) is 0 Å². The van der Waals surface area contributed by atoms with Crippen LogP contribution in [-0.2, 0) is 30.8 Å². The van der Waals surface area contributed by atoms with Crippen molar-refractivity contribution < 1.29 is 27.6 Å². The fourth-order valence-electron chi connectivity index (χ4n) is 6.55. The number of likely N-dealkylation sites (tertiary alicyclic amines) is 2. The molecule has 2 aromatic rings. The summed E-state index contributed by atoms with van der Waals surface area (Å²) in [5.74, 6) is 0.733. The molecular formula is C31H41N3O6S. The van der Waals surface area contributed by atoms with Gasteiger partial charge in [0.25, 0.3) is 0 Å². The van der Waals surface area contributed by atoms with Gasteiger partial charge in [0.05, 0.1) is 16.4 Å². The number of carbonyl (C=O) groups is 2. The second-order valence-electron chi connectivity index (χ2n) is 12.1. The molecule has 3 fully saturated rings. The van der Waals surface area contributed by atoms with Gasteiger partial charge in [0.1, 0.15) is 0 Å². The predicted octanol–water partition coefficient (Wildman–Crippen LogP) is 4.10. The minimum absolute atomic E-state index is 0.218. The highest BCUT2D eigenvalue weighted by molar-refractivity contribution is 7.90. The molecule has 41 heavy (non-hydrogen) atoms. The van der Waals surface area contributed by atoms with E-state index >= 15 is 0 Å². The number of benzene rings is 2. The van der Waals surface area contributed by atoms with Crippen LogP contribution in [0.3, 0.4) is 0 Å². The minimum Gasteiger partial charge on any atom is -0.430 e. The molecule has 0 aliphatic carbocycles. The maximum atomic E-state index is 13.6. The van der Waals surface area contributed by atoms with Gasteiger partial charge in [-0.15, -0.1) is 5.06 Å². The maximum Gasteiger partial charge on any atom is 0.528 e. The highest BCUT2D eigenvalue weighted by Gasteiger charge is 2.48. The Labute approximate surface area is 243 Å². The molecule has 3 aliphatic heterocycles. The Morgan fingerprint density at radius 1 is 0.976 bits per heavy atom. The molecule has 5 rings (SSSR count). The second-order valence-corrected chi connectivity index (χ2v) is 14.1. The van der Waals surface area contributed by atoms with E-state index in [-0.39, 0.29) is 29.3 Å². The van der Waals surface area contributed by atoms with E-state index in [9.17, 15) is 18.0 Å². The Morgan fingerprint density at radius 3 is 2.27 bits per heavy atom. The zero-order valence-electron chi connectivity index (χ0n) is 24.2. The molecule has 10 heteroatoms. The molecule has 0 unspecified atom stereocenters. The summed E-state index contributed by atoms with van der Waals surface area (Å²) in [6.07, 6.45) is 2.82. The van der Waals surface area contributed by atoms with Crippen molar-refractivity contribution in [1.29, 1.82) is 0 Å². The summed E-state index contributed by atoms with van der Waals surface area (Å²) in [5.41, 5.74) is 1.87. The van der Waals surface area contributed by atoms with Crippen molar-refractivity contribution in [1.82, 2.24) is 14.9 Å². The van der Waals surface area contributed by atoms with Crippen LogP contribution in [0.15, 0.2) is 59.5 Å². The largest absolute Gasteiger partial charge is 0.528 e. The van der Waals surface area contributed by atoms with Gasteiger partial charge in [-0.2, -0.15) is 0 Å². The smallest absolute Gasteiger partial charge is 0.430 e. The van der Waals surface area contributed by atoms with Gasteiger partial charge in [0.15, 0.2) is 9.84 Å². The van der Waals surface area contributed by atoms with E-state index in [1.165, 1.54) is 11.8 Å². The van der Waals surface area contributed by atoms with E-state index in [2.05, 4.69) is 17.0 Å². The van der Waals surface area contributed by atoms with Gasteiger partial charge in [-0.25, -0.2) is 13.2 Å². The molecule has 3 saturated heterocycles. The first-order chi connectivity index (χ1) is 19.5. The van der Waals surface area contributed by atoms with Crippen molar-refractivity contribution >= 4 is 21.9 Å². The zero-order chi connectivity index (χ0) is 29.2. The van der Waals surface area contributed by atoms with Gasteiger partial charge >= 0.3 is 6.16 Å². The molecule has 0 N–H and O–H groups in total. The molecular weight excluding hydrogens is 542 g/mol. The zero-order valence-corrected chi connectivity index (χ0v) is 25.0. The first-order valence-electron chi connectivity index (χ1n) is 14.5. The maximum absolute atomic E-state index is 13.6. The van der Waals surface area contributed by atoms with Gasteiger partial charge in [-0.1, -0.05) is 42.5 Å². The number of sulfone groups is 1. The molecule has 1 amide bonds. The van der Waals surface area contributed by atoms with Gasteiger partial charge in [0.2, 0.25) is 5.91 Å². The fourth-order valence-corrected chi connectivity index (χ4v) is 7.18. The van der Waals surface area contributed by atoms with Crippen molar-refractivity contribution in [3.8, 4) is 0 Å². The summed E-state index contributed by atoms with van der Waals surface area (Å²) in [6, 6.07) is 17.2. The number of piperidine rings is 1. The fraction of sp³-hybridized carbons (Fsp3) is 0.548. The van der Waals surface area contributed by atoms with Crippen molar-refractivity contribution in [2.24, 2.45) is 11.3 Å². The third-order valence-corrected chi connectivity index (χ3v) is 9.93. The number of ether oxygens (including phenoxy) is 1. The van der Waals surface area contributed by atoms with Crippen LogP contribution >= 0.6 is 0 Å². The van der Waals surface area contributed by atoms with Gasteiger partial charge in [-0.3, -0.25) is 4.79 Å². The van der Waals surface area contributed by atoms with Crippen molar-refractivity contribution in [3.63, 3.8) is 0 Å². The number of hydrogen-bond donors (Lipinski definition) is 0. The molecule has 0 bridgehead atoms. The number of amides is 1. The average Bonchev–Trinajstić information content (AvgIpc) is 3.46. The average molecular weight is 584 g/mol. The summed E-state index contributed by atoms with van der Waals surface area (Å²) in [6.45, 7) is 8.69. The third-order valence-electron chi connectivity index (χ3n) is 8.80.